The fourth-order valence-corrected chi connectivity index (χ4v) is 3.80. The molecule has 1 saturated heterocycles. The molecule has 1 heterocycles. The molecule has 1 aromatic rings. The van der Waals surface area contributed by atoms with E-state index in [1.54, 1.807) is 32.9 Å². The molecule has 1 amide bonds. The van der Waals surface area contributed by atoms with Crippen molar-refractivity contribution < 1.29 is 13.2 Å². The van der Waals surface area contributed by atoms with Crippen molar-refractivity contribution in [3.63, 3.8) is 0 Å². The first-order chi connectivity index (χ1) is 10.6. The molecule has 7 heteroatoms. The maximum Gasteiger partial charge on any atom is 0.241 e. The highest BCUT2D eigenvalue weighted by Gasteiger charge is 2.29. The molecule has 1 atom stereocenters. The standard InChI is InChI=1S/C16H25N3O3S/c1-11(12-9-17-10-12)15(20)18-13-6-5-7-14(8-13)23(21,22)19-16(2,3)4/h5-8,11-12,17,19H,9-10H2,1-4H3,(H,18,20). The van der Waals surface area contributed by atoms with E-state index >= 15 is 0 Å². The highest BCUT2D eigenvalue weighted by Crippen LogP contribution is 2.21. The van der Waals surface area contributed by atoms with Gasteiger partial charge in [-0.2, -0.15) is 0 Å². The fourth-order valence-electron chi connectivity index (χ4n) is 2.34. The van der Waals surface area contributed by atoms with E-state index in [1.165, 1.54) is 12.1 Å². The summed E-state index contributed by atoms with van der Waals surface area (Å²) in [5.74, 6) is 0.142. The fraction of sp³-hybridized carbons (Fsp3) is 0.562. The lowest BCUT2D eigenvalue weighted by atomic mass is 9.88. The Morgan fingerprint density at radius 2 is 1.96 bits per heavy atom. The van der Waals surface area contributed by atoms with Crippen molar-refractivity contribution in [1.82, 2.24) is 10.0 Å². The normalized spacial score (nSPS) is 17.4. The highest BCUT2D eigenvalue weighted by atomic mass is 32.2. The molecule has 0 aromatic heterocycles. The van der Waals surface area contributed by atoms with Crippen LogP contribution in [-0.2, 0) is 14.8 Å². The molecule has 0 aliphatic carbocycles. The van der Waals surface area contributed by atoms with Gasteiger partial charge in [0, 0.05) is 17.1 Å². The smallest absolute Gasteiger partial charge is 0.241 e. The average Bonchev–Trinajstić information content (AvgIpc) is 2.34. The van der Waals surface area contributed by atoms with Crippen molar-refractivity contribution in [3.05, 3.63) is 24.3 Å². The topological polar surface area (TPSA) is 87.3 Å². The van der Waals surface area contributed by atoms with Gasteiger partial charge in [0.2, 0.25) is 15.9 Å². The van der Waals surface area contributed by atoms with Crippen LogP contribution in [0.3, 0.4) is 0 Å². The molecule has 0 saturated carbocycles. The number of amides is 1. The van der Waals surface area contributed by atoms with E-state index in [1.807, 2.05) is 6.92 Å². The van der Waals surface area contributed by atoms with Crippen LogP contribution < -0.4 is 15.4 Å². The van der Waals surface area contributed by atoms with Gasteiger partial charge in [-0.1, -0.05) is 13.0 Å². The first-order valence-corrected chi connectivity index (χ1v) is 9.22. The van der Waals surface area contributed by atoms with Crippen molar-refractivity contribution in [3.8, 4) is 0 Å². The minimum absolute atomic E-state index is 0.0881. The van der Waals surface area contributed by atoms with E-state index in [4.69, 9.17) is 0 Å². The number of nitrogens with one attached hydrogen (secondary N) is 3. The second-order valence-electron chi connectivity index (χ2n) is 7.08. The quantitative estimate of drug-likeness (QED) is 0.760. The largest absolute Gasteiger partial charge is 0.326 e. The lowest BCUT2D eigenvalue weighted by Crippen LogP contribution is -2.48. The number of hydrogen-bond donors (Lipinski definition) is 3. The third-order valence-corrected chi connectivity index (χ3v) is 5.54. The maximum atomic E-state index is 12.4. The zero-order valence-corrected chi connectivity index (χ0v) is 14.8. The summed E-state index contributed by atoms with van der Waals surface area (Å²) in [4.78, 5) is 12.4. The second-order valence-corrected chi connectivity index (χ2v) is 8.76. The van der Waals surface area contributed by atoms with Gasteiger partial charge in [0.1, 0.15) is 0 Å². The minimum atomic E-state index is -3.62. The second kappa shape index (κ2) is 6.59. The van der Waals surface area contributed by atoms with Gasteiger partial charge in [-0.15, -0.1) is 0 Å². The lowest BCUT2D eigenvalue weighted by Gasteiger charge is -2.31. The zero-order chi connectivity index (χ0) is 17.3. The van der Waals surface area contributed by atoms with Crippen LogP contribution in [0.5, 0.6) is 0 Å². The van der Waals surface area contributed by atoms with Crippen molar-refractivity contribution in [2.75, 3.05) is 18.4 Å². The van der Waals surface area contributed by atoms with Crippen molar-refractivity contribution in [1.29, 1.82) is 0 Å². The van der Waals surface area contributed by atoms with Gasteiger partial charge in [-0.05, 0) is 58.0 Å². The summed E-state index contributed by atoms with van der Waals surface area (Å²) in [6.45, 7) is 8.93. The van der Waals surface area contributed by atoms with Crippen LogP contribution in [0.25, 0.3) is 0 Å². The molecule has 128 valence electrons. The third-order valence-electron chi connectivity index (χ3n) is 3.79. The van der Waals surface area contributed by atoms with Gasteiger partial charge in [0.15, 0.2) is 0 Å². The number of rotatable bonds is 5. The van der Waals surface area contributed by atoms with E-state index in [0.717, 1.165) is 13.1 Å². The summed E-state index contributed by atoms with van der Waals surface area (Å²) in [6.07, 6.45) is 0. The van der Waals surface area contributed by atoms with E-state index in [0.29, 0.717) is 11.6 Å². The number of anilines is 1. The summed E-state index contributed by atoms with van der Waals surface area (Å²) in [7, 11) is -3.62. The van der Waals surface area contributed by atoms with Gasteiger partial charge in [0.05, 0.1) is 4.90 Å². The number of benzene rings is 1. The molecular formula is C16H25N3O3S. The van der Waals surface area contributed by atoms with Gasteiger partial charge < -0.3 is 10.6 Å². The number of hydrogen-bond acceptors (Lipinski definition) is 4. The molecular weight excluding hydrogens is 314 g/mol. The summed E-state index contributed by atoms with van der Waals surface area (Å²) in [6, 6.07) is 6.32. The van der Waals surface area contributed by atoms with Crippen LogP contribution in [0, 0.1) is 11.8 Å². The molecule has 0 spiro atoms. The molecule has 23 heavy (non-hydrogen) atoms. The van der Waals surface area contributed by atoms with E-state index in [-0.39, 0.29) is 16.7 Å². The predicted molar refractivity (Wildman–Crippen MR) is 90.7 cm³/mol. The first kappa shape index (κ1) is 17.9. The molecule has 3 N–H and O–H groups in total. The van der Waals surface area contributed by atoms with Crippen molar-refractivity contribution >= 4 is 21.6 Å². The average molecular weight is 339 g/mol. The molecule has 0 radical (unpaired) electrons. The van der Waals surface area contributed by atoms with Crippen molar-refractivity contribution in [2.24, 2.45) is 11.8 Å². The Morgan fingerprint density at radius 1 is 1.30 bits per heavy atom. The minimum Gasteiger partial charge on any atom is -0.326 e. The Kier molecular flexibility index (Phi) is 5.13. The lowest BCUT2D eigenvalue weighted by molar-refractivity contribution is -0.121. The van der Waals surface area contributed by atoms with Crippen molar-refractivity contribution in [2.45, 2.75) is 38.1 Å². The van der Waals surface area contributed by atoms with Gasteiger partial charge >= 0.3 is 0 Å². The zero-order valence-electron chi connectivity index (χ0n) is 14.0. The Bertz CT molecular complexity index is 676. The molecule has 1 fully saturated rings. The SMILES string of the molecule is CC(C(=O)Nc1cccc(S(=O)(=O)NC(C)(C)C)c1)C1CNC1. The van der Waals surface area contributed by atoms with Crippen LogP contribution >= 0.6 is 0 Å². The molecule has 1 unspecified atom stereocenters. The van der Waals surface area contributed by atoms with Crippen LogP contribution in [0.2, 0.25) is 0 Å². The molecule has 1 aromatic carbocycles. The summed E-state index contributed by atoms with van der Waals surface area (Å²) in [5, 5.41) is 5.95. The predicted octanol–water partition coefficient (Wildman–Crippen LogP) is 1.56. The Balaban J connectivity index is 2.12. The van der Waals surface area contributed by atoms with Crippen LogP contribution in [0.4, 0.5) is 5.69 Å². The summed E-state index contributed by atoms with van der Waals surface area (Å²) in [5.41, 5.74) is -0.0741. The summed E-state index contributed by atoms with van der Waals surface area (Å²) < 4.78 is 27.3. The molecule has 1 aliphatic rings. The molecule has 0 bridgehead atoms. The third kappa shape index (κ3) is 4.76. The van der Waals surface area contributed by atoms with Crippen LogP contribution in [-0.4, -0.2) is 33.0 Å². The Morgan fingerprint density at radius 3 is 2.48 bits per heavy atom. The van der Waals surface area contributed by atoms with Gasteiger partial charge in [-0.3, -0.25) is 4.79 Å². The van der Waals surface area contributed by atoms with Gasteiger partial charge in [-0.25, -0.2) is 13.1 Å². The number of carbonyl (C=O) groups excluding carboxylic acids is 1. The molecule has 1 aliphatic heterocycles. The highest BCUT2D eigenvalue weighted by molar-refractivity contribution is 7.89. The number of sulfonamides is 1. The van der Waals surface area contributed by atoms with E-state index in [2.05, 4.69) is 15.4 Å². The van der Waals surface area contributed by atoms with E-state index in [9.17, 15) is 13.2 Å². The van der Waals surface area contributed by atoms with Crippen LogP contribution in [0.15, 0.2) is 29.2 Å². The first-order valence-electron chi connectivity index (χ1n) is 7.74. The van der Waals surface area contributed by atoms with Crippen LogP contribution in [0.1, 0.15) is 27.7 Å². The molecule has 6 nitrogen and oxygen atoms in total. The molecule has 2 rings (SSSR count). The Hall–Kier alpha value is -1.44. The monoisotopic (exact) mass is 339 g/mol. The van der Waals surface area contributed by atoms with Gasteiger partial charge in [0.25, 0.3) is 0 Å². The van der Waals surface area contributed by atoms with E-state index < -0.39 is 15.6 Å². The maximum absolute atomic E-state index is 12.4. The summed E-state index contributed by atoms with van der Waals surface area (Å²) >= 11 is 0. The Labute approximate surface area is 138 Å². The number of carbonyl (C=O) groups is 1.